The summed E-state index contributed by atoms with van der Waals surface area (Å²) in [6.45, 7) is 6.65. The van der Waals surface area contributed by atoms with Gasteiger partial charge in [-0.1, -0.05) is 161 Å². The van der Waals surface area contributed by atoms with Crippen molar-refractivity contribution in [1.29, 1.82) is 0 Å². The minimum atomic E-state index is -1.09. The highest BCUT2D eigenvalue weighted by Crippen LogP contribution is 2.48. The number of carboxylic acid groups (broad SMARTS) is 1. The maximum Gasteiger partial charge on any atom is 0.407 e. The summed E-state index contributed by atoms with van der Waals surface area (Å²) in [5.41, 5.74) is 9.06. The number of benzene rings is 5. The lowest BCUT2D eigenvalue weighted by molar-refractivity contribution is -0.138. The zero-order valence-electron chi connectivity index (χ0n) is 28.7. The van der Waals surface area contributed by atoms with Crippen molar-refractivity contribution in [2.75, 3.05) is 12.4 Å². The first-order valence-electron chi connectivity index (χ1n) is 17.0. The van der Waals surface area contributed by atoms with Crippen LogP contribution in [-0.4, -0.2) is 40.3 Å². The first-order chi connectivity index (χ1) is 24.2. The van der Waals surface area contributed by atoms with Crippen LogP contribution in [0, 0.1) is 6.92 Å². The Morgan fingerprint density at radius 1 is 0.720 bits per heavy atom. The van der Waals surface area contributed by atoms with Gasteiger partial charge in [0.25, 0.3) is 0 Å². The quantitative estimate of drug-likeness (QED) is 0.0887. The van der Waals surface area contributed by atoms with Crippen LogP contribution in [0.2, 0.25) is 0 Å². The van der Waals surface area contributed by atoms with Crippen LogP contribution in [0.5, 0.6) is 0 Å². The maximum absolute atomic E-state index is 12.9. The minimum absolute atomic E-state index is 0.0963. The Kier molecular flexibility index (Phi) is 11.0. The van der Waals surface area contributed by atoms with Crippen molar-refractivity contribution in [3.63, 3.8) is 0 Å². The standard InChI is InChI=1S/C43H43NO4S2/c1-30-22-24-33(25-23-30)43(31-14-6-4-7-15-31,32-16-8-5-9-17-32)27-26-42(2,3)50-49-29-39(40(45)46)44-41(47)48-28-38-36-20-12-10-18-34(36)35-19-11-13-21-37(35)38/h4-25,38-39H,26-29H2,1-3H3,(H,44,47)(H,45,46)/t39-/m0/s1. The summed E-state index contributed by atoms with van der Waals surface area (Å²) >= 11 is 0. The second-order valence-electron chi connectivity index (χ2n) is 13.5. The Morgan fingerprint density at radius 3 is 1.76 bits per heavy atom. The molecule has 0 heterocycles. The Bertz CT molecular complexity index is 1830. The van der Waals surface area contributed by atoms with Crippen molar-refractivity contribution in [1.82, 2.24) is 5.32 Å². The normalized spacial score (nSPS) is 13.3. The number of ether oxygens (including phenoxy) is 1. The maximum atomic E-state index is 12.9. The molecule has 50 heavy (non-hydrogen) atoms. The lowest BCUT2D eigenvalue weighted by Crippen LogP contribution is -2.43. The fraction of sp³-hybridized carbons (Fsp3) is 0.256. The molecule has 1 aliphatic carbocycles. The van der Waals surface area contributed by atoms with E-state index in [0.717, 1.165) is 35.1 Å². The number of nitrogens with one attached hydrogen (secondary N) is 1. The van der Waals surface area contributed by atoms with Crippen LogP contribution >= 0.6 is 21.6 Å². The van der Waals surface area contributed by atoms with Gasteiger partial charge in [0.15, 0.2) is 0 Å². The van der Waals surface area contributed by atoms with Crippen molar-refractivity contribution >= 4 is 33.7 Å². The largest absolute Gasteiger partial charge is 0.480 e. The Balaban J connectivity index is 1.10. The molecule has 1 aliphatic rings. The van der Waals surface area contributed by atoms with Crippen LogP contribution < -0.4 is 5.32 Å². The molecule has 1 amide bonds. The molecular formula is C43H43NO4S2. The molecule has 256 valence electrons. The van der Waals surface area contributed by atoms with Crippen molar-refractivity contribution in [3.05, 3.63) is 167 Å². The van der Waals surface area contributed by atoms with Crippen LogP contribution in [0.4, 0.5) is 4.79 Å². The molecule has 0 radical (unpaired) electrons. The zero-order chi connectivity index (χ0) is 35.1. The summed E-state index contributed by atoms with van der Waals surface area (Å²) in [5, 5.41) is 12.6. The fourth-order valence-corrected chi connectivity index (χ4v) is 9.72. The summed E-state index contributed by atoms with van der Waals surface area (Å²) in [7, 11) is 3.13. The molecule has 0 aliphatic heterocycles. The van der Waals surface area contributed by atoms with E-state index in [2.05, 4.69) is 135 Å². The third kappa shape index (κ3) is 7.79. The minimum Gasteiger partial charge on any atom is -0.480 e. The van der Waals surface area contributed by atoms with Crippen LogP contribution in [0.25, 0.3) is 11.1 Å². The second-order valence-corrected chi connectivity index (χ2v) is 16.5. The molecule has 5 aromatic rings. The number of carboxylic acids is 1. The average Bonchev–Trinajstić information content (AvgIpc) is 3.45. The second kappa shape index (κ2) is 15.6. The average molecular weight is 702 g/mol. The Labute approximate surface area is 303 Å². The van der Waals surface area contributed by atoms with Crippen LogP contribution in [0.15, 0.2) is 133 Å². The van der Waals surface area contributed by atoms with E-state index in [1.54, 1.807) is 10.8 Å². The SMILES string of the molecule is Cc1ccc(C(CCC(C)(C)SSC[C@H](NC(=O)OCC2c3ccccc3-c3ccccc32)C(=O)O)(c2ccccc2)c2ccccc2)cc1. The smallest absolute Gasteiger partial charge is 0.407 e. The lowest BCUT2D eigenvalue weighted by Gasteiger charge is -2.38. The summed E-state index contributed by atoms with van der Waals surface area (Å²) in [5.74, 6) is -0.981. The topological polar surface area (TPSA) is 75.6 Å². The number of hydrogen-bond donors (Lipinski definition) is 2. The number of carbonyl (C=O) groups excluding carboxylic acids is 1. The van der Waals surface area contributed by atoms with E-state index in [-0.39, 0.29) is 28.4 Å². The number of amides is 1. The van der Waals surface area contributed by atoms with Crippen molar-refractivity contribution in [3.8, 4) is 11.1 Å². The predicted molar refractivity (Wildman–Crippen MR) is 207 cm³/mol. The van der Waals surface area contributed by atoms with Gasteiger partial charge in [0, 0.05) is 21.8 Å². The molecule has 0 saturated carbocycles. The van der Waals surface area contributed by atoms with Crippen molar-refractivity contribution in [2.24, 2.45) is 0 Å². The molecule has 5 nitrogen and oxygen atoms in total. The van der Waals surface area contributed by atoms with E-state index in [0.29, 0.717) is 0 Å². The van der Waals surface area contributed by atoms with Gasteiger partial charge in [0.05, 0.1) is 0 Å². The molecule has 0 spiro atoms. The number of alkyl carbamates (subject to hydrolysis) is 1. The van der Waals surface area contributed by atoms with Crippen LogP contribution in [0.1, 0.15) is 66.0 Å². The number of fused-ring (bicyclic) bond motifs is 3. The fourth-order valence-electron chi connectivity index (χ4n) is 6.97. The number of aryl methyl sites for hydroxylation is 1. The third-order valence-corrected chi connectivity index (χ3v) is 13.0. The molecular weight excluding hydrogens is 659 g/mol. The van der Waals surface area contributed by atoms with E-state index in [1.165, 1.54) is 33.0 Å². The monoisotopic (exact) mass is 701 g/mol. The van der Waals surface area contributed by atoms with Gasteiger partial charge < -0.3 is 15.2 Å². The van der Waals surface area contributed by atoms with E-state index in [4.69, 9.17) is 4.74 Å². The van der Waals surface area contributed by atoms with Gasteiger partial charge in [-0.3, -0.25) is 0 Å². The highest BCUT2D eigenvalue weighted by molar-refractivity contribution is 8.77. The molecule has 0 unspecified atom stereocenters. The molecule has 7 heteroatoms. The zero-order valence-corrected chi connectivity index (χ0v) is 30.3. The van der Waals surface area contributed by atoms with Gasteiger partial charge >= 0.3 is 12.1 Å². The first kappa shape index (κ1) is 35.4. The molecule has 0 aromatic heterocycles. The van der Waals surface area contributed by atoms with Crippen LogP contribution in [-0.2, 0) is 14.9 Å². The Hall–Kier alpha value is -4.46. The third-order valence-electron chi connectivity index (χ3n) is 9.63. The number of hydrogen-bond acceptors (Lipinski definition) is 5. The van der Waals surface area contributed by atoms with Crippen molar-refractivity contribution < 1.29 is 19.4 Å². The first-order valence-corrected chi connectivity index (χ1v) is 19.3. The lowest BCUT2D eigenvalue weighted by atomic mass is 9.66. The van der Waals surface area contributed by atoms with Gasteiger partial charge in [-0.05, 0) is 72.6 Å². The molecule has 0 fully saturated rings. The van der Waals surface area contributed by atoms with E-state index in [1.807, 2.05) is 24.3 Å². The molecule has 0 bridgehead atoms. The number of rotatable bonds is 14. The highest BCUT2D eigenvalue weighted by Gasteiger charge is 2.38. The Morgan fingerprint density at radius 2 is 1.22 bits per heavy atom. The molecule has 0 saturated heterocycles. The van der Waals surface area contributed by atoms with E-state index < -0.39 is 18.1 Å². The molecule has 1 atom stereocenters. The molecule has 2 N–H and O–H groups in total. The summed E-state index contributed by atoms with van der Waals surface area (Å²) in [6.07, 6.45) is 0.989. The summed E-state index contributed by atoms with van der Waals surface area (Å²) < 4.78 is 5.45. The molecule has 5 aromatic carbocycles. The highest BCUT2D eigenvalue weighted by atomic mass is 33.1. The van der Waals surface area contributed by atoms with E-state index >= 15 is 0 Å². The number of aliphatic carboxylic acids is 1. The van der Waals surface area contributed by atoms with Gasteiger partial charge in [0.1, 0.15) is 12.6 Å². The number of carbonyl (C=O) groups is 2. The summed E-state index contributed by atoms with van der Waals surface area (Å²) in [6, 6.07) is 45.4. The molecule has 6 rings (SSSR count). The van der Waals surface area contributed by atoms with Gasteiger partial charge in [0.2, 0.25) is 0 Å². The van der Waals surface area contributed by atoms with Crippen molar-refractivity contribution in [2.45, 2.75) is 55.7 Å². The van der Waals surface area contributed by atoms with Gasteiger partial charge in [-0.25, -0.2) is 9.59 Å². The van der Waals surface area contributed by atoms with Gasteiger partial charge in [-0.15, -0.1) is 0 Å². The van der Waals surface area contributed by atoms with Crippen LogP contribution in [0.3, 0.4) is 0 Å². The summed E-state index contributed by atoms with van der Waals surface area (Å²) in [4.78, 5) is 25.2. The van der Waals surface area contributed by atoms with Gasteiger partial charge in [-0.2, -0.15) is 0 Å². The predicted octanol–water partition coefficient (Wildman–Crippen LogP) is 10.3. The van der Waals surface area contributed by atoms with E-state index in [9.17, 15) is 14.7 Å².